The van der Waals surface area contributed by atoms with E-state index in [0.717, 1.165) is 22.4 Å². The van der Waals surface area contributed by atoms with Crippen LogP contribution in [-0.2, 0) is 11.2 Å². The second-order valence-corrected chi connectivity index (χ2v) is 7.28. The highest BCUT2D eigenvalue weighted by atomic mass is 32.1. The van der Waals surface area contributed by atoms with Crippen molar-refractivity contribution in [1.82, 2.24) is 14.8 Å². The third-order valence-corrected chi connectivity index (χ3v) is 5.48. The molecule has 3 aromatic rings. The Morgan fingerprint density at radius 1 is 1.12 bits per heavy atom. The molecule has 134 valence electrons. The summed E-state index contributed by atoms with van der Waals surface area (Å²) >= 11 is 1.46. The number of benzene rings is 1. The van der Waals surface area contributed by atoms with Gasteiger partial charge in [-0.15, -0.1) is 11.3 Å². The molecular weight excluding hydrogens is 350 g/mol. The highest BCUT2D eigenvalue weighted by Crippen LogP contribution is 2.17. The third-order valence-electron chi connectivity index (χ3n) is 4.62. The zero-order valence-corrected chi connectivity index (χ0v) is 15.1. The fourth-order valence-electron chi connectivity index (χ4n) is 3.22. The lowest BCUT2D eigenvalue weighted by atomic mass is 10.1. The summed E-state index contributed by atoms with van der Waals surface area (Å²) in [6.07, 6.45) is 2.53. The Hall–Kier alpha value is -2.67. The topological polar surface area (TPSA) is 66.7 Å². The van der Waals surface area contributed by atoms with Crippen LogP contribution >= 0.6 is 11.3 Å². The maximum absolute atomic E-state index is 12.7. The zero-order valence-electron chi connectivity index (χ0n) is 14.3. The molecule has 6 nitrogen and oxygen atoms in total. The molecule has 0 bridgehead atoms. The fraction of sp³-hybridized carbons (Fsp3) is 0.316. The summed E-state index contributed by atoms with van der Waals surface area (Å²) in [4.78, 5) is 33.7. The van der Waals surface area contributed by atoms with Gasteiger partial charge >= 0.3 is 0 Å². The van der Waals surface area contributed by atoms with Crippen LogP contribution in [0.4, 0.5) is 0 Å². The van der Waals surface area contributed by atoms with Crippen molar-refractivity contribution in [3.05, 3.63) is 52.5 Å². The van der Waals surface area contributed by atoms with E-state index in [9.17, 15) is 9.59 Å². The molecule has 0 aliphatic carbocycles. The molecule has 1 fully saturated rings. The summed E-state index contributed by atoms with van der Waals surface area (Å²) in [5.41, 5.74) is 2.40. The molecule has 1 aromatic carbocycles. The maximum Gasteiger partial charge on any atom is 0.263 e. The van der Waals surface area contributed by atoms with Gasteiger partial charge in [0.25, 0.3) is 5.91 Å². The van der Waals surface area contributed by atoms with Crippen molar-refractivity contribution in [3.8, 4) is 0 Å². The van der Waals surface area contributed by atoms with Crippen LogP contribution in [-0.4, -0.2) is 52.8 Å². The smallest absolute Gasteiger partial charge is 0.263 e. The van der Waals surface area contributed by atoms with Crippen molar-refractivity contribution in [2.45, 2.75) is 12.8 Å². The Kier molecular flexibility index (Phi) is 4.71. The fourth-order valence-corrected chi connectivity index (χ4v) is 3.91. The molecule has 1 saturated heterocycles. The molecule has 1 aliphatic rings. The molecule has 1 aliphatic heterocycles. The quantitative estimate of drug-likeness (QED) is 0.712. The first-order chi connectivity index (χ1) is 12.7. The lowest BCUT2D eigenvalue weighted by Crippen LogP contribution is -2.37. The summed E-state index contributed by atoms with van der Waals surface area (Å²) in [6, 6.07) is 9.38. The van der Waals surface area contributed by atoms with E-state index in [0.29, 0.717) is 38.2 Å². The number of aromatic nitrogens is 1. The van der Waals surface area contributed by atoms with Gasteiger partial charge in [0.15, 0.2) is 12.0 Å². The lowest BCUT2D eigenvalue weighted by molar-refractivity contribution is -0.130. The number of fused-ring (bicyclic) bond motifs is 1. The first-order valence-electron chi connectivity index (χ1n) is 8.63. The van der Waals surface area contributed by atoms with Crippen molar-refractivity contribution in [1.29, 1.82) is 0 Å². The van der Waals surface area contributed by atoms with Gasteiger partial charge in [-0.25, -0.2) is 4.98 Å². The molecule has 0 radical (unpaired) electrons. The molecule has 0 atom stereocenters. The SMILES string of the molecule is O=C(Cc1ccc2ncoc2c1)N1CCCN(C(=O)c2cccs2)CC1. The molecule has 0 spiro atoms. The largest absolute Gasteiger partial charge is 0.443 e. The minimum Gasteiger partial charge on any atom is -0.443 e. The normalized spacial score (nSPS) is 15.2. The van der Waals surface area contributed by atoms with E-state index in [1.807, 2.05) is 45.5 Å². The molecule has 2 aromatic heterocycles. The van der Waals surface area contributed by atoms with Crippen molar-refractivity contribution < 1.29 is 14.0 Å². The maximum atomic E-state index is 12.7. The van der Waals surface area contributed by atoms with Crippen LogP contribution in [0.5, 0.6) is 0 Å². The Morgan fingerprint density at radius 3 is 2.81 bits per heavy atom. The summed E-state index contributed by atoms with van der Waals surface area (Å²) in [5, 5.41) is 1.91. The number of carbonyl (C=O) groups is 2. The van der Waals surface area contributed by atoms with Crippen LogP contribution in [0.1, 0.15) is 21.7 Å². The van der Waals surface area contributed by atoms with E-state index in [4.69, 9.17) is 4.42 Å². The highest BCUT2D eigenvalue weighted by Gasteiger charge is 2.23. The molecule has 2 amide bonds. The standard InChI is InChI=1S/C19H19N3O3S/c23-18(12-14-4-5-15-16(11-14)25-13-20-15)21-6-2-7-22(9-8-21)19(24)17-3-1-10-26-17/h1,3-5,10-11,13H,2,6-9,12H2. The number of oxazole rings is 1. The second-order valence-electron chi connectivity index (χ2n) is 6.34. The van der Waals surface area contributed by atoms with E-state index in [1.54, 1.807) is 0 Å². The van der Waals surface area contributed by atoms with Gasteiger partial charge in [0.2, 0.25) is 5.91 Å². The van der Waals surface area contributed by atoms with E-state index in [1.165, 1.54) is 17.7 Å². The number of thiophene rings is 1. The van der Waals surface area contributed by atoms with Crippen LogP contribution in [0, 0.1) is 0 Å². The van der Waals surface area contributed by atoms with Crippen molar-refractivity contribution in [3.63, 3.8) is 0 Å². The lowest BCUT2D eigenvalue weighted by Gasteiger charge is -2.22. The summed E-state index contributed by atoms with van der Waals surface area (Å²) in [5.74, 6) is 0.138. The molecular formula is C19H19N3O3S. The molecule has 4 rings (SSSR count). The molecule has 0 unspecified atom stereocenters. The monoisotopic (exact) mass is 369 g/mol. The van der Waals surface area contributed by atoms with E-state index in [2.05, 4.69) is 4.98 Å². The average molecular weight is 369 g/mol. The third kappa shape index (κ3) is 3.48. The predicted octanol–water partition coefficient (Wildman–Crippen LogP) is 2.81. The van der Waals surface area contributed by atoms with E-state index < -0.39 is 0 Å². The van der Waals surface area contributed by atoms with E-state index >= 15 is 0 Å². The van der Waals surface area contributed by atoms with Crippen LogP contribution in [0.2, 0.25) is 0 Å². The first kappa shape index (κ1) is 16.8. The minimum atomic E-state index is 0.0602. The molecule has 0 saturated carbocycles. The average Bonchev–Trinajstić information content (AvgIpc) is 3.28. The van der Waals surface area contributed by atoms with Gasteiger partial charge in [-0.2, -0.15) is 0 Å². The molecule has 26 heavy (non-hydrogen) atoms. The molecule has 0 N–H and O–H groups in total. The summed E-state index contributed by atoms with van der Waals surface area (Å²) in [6.45, 7) is 2.51. The van der Waals surface area contributed by atoms with Gasteiger partial charge in [0.05, 0.1) is 11.3 Å². The van der Waals surface area contributed by atoms with Gasteiger partial charge in [0.1, 0.15) is 5.52 Å². The number of rotatable bonds is 3. The number of hydrogen-bond donors (Lipinski definition) is 0. The van der Waals surface area contributed by atoms with Crippen molar-refractivity contribution in [2.24, 2.45) is 0 Å². The van der Waals surface area contributed by atoms with Crippen LogP contribution in [0.25, 0.3) is 11.1 Å². The Balaban J connectivity index is 1.38. The van der Waals surface area contributed by atoms with Gasteiger partial charge in [-0.05, 0) is 35.6 Å². The van der Waals surface area contributed by atoms with Gasteiger partial charge in [-0.1, -0.05) is 12.1 Å². The summed E-state index contributed by atoms with van der Waals surface area (Å²) in [7, 11) is 0. The van der Waals surface area contributed by atoms with Crippen molar-refractivity contribution >= 4 is 34.3 Å². The van der Waals surface area contributed by atoms with Crippen LogP contribution in [0.15, 0.2) is 46.5 Å². The Morgan fingerprint density at radius 2 is 1.96 bits per heavy atom. The predicted molar refractivity (Wildman–Crippen MR) is 99.1 cm³/mol. The number of hydrogen-bond acceptors (Lipinski definition) is 5. The summed E-state index contributed by atoms with van der Waals surface area (Å²) < 4.78 is 5.30. The number of amides is 2. The van der Waals surface area contributed by atoms with Crippen molar-refractivity contribution in [2.75, 3.05) is 26.2 Å². The zero-order chi connectivity index (χ0) is 17.9. The Bertz CT molecular complexity index is 919. The van der Waals surface area contributed by atoms with Gasteiger partial charge in [-0.3, -0.25) is 9.59 Å². The minimum absolute atomic E-state index is 0.0602. The number of carbonyl (C=O) groups excluding carboxylic acids is 2. The van der Waals surface area contributed by atoms with Crippen LogP contribution in [0.3, 0.4) is 0 Å². The van der Waals surface area contributed by atoms with E-state index in [-0.39, 0.29) is 11.8 Å². The second kappa shape index (κ2) is 7.29. The van der Waals surface area contributed by atoms with Gasteiger partial charge in [0, 0.05) is 26.2 Å². The Labute approximate surface area is 155 Å². The number of nitrogens with zero attached hydrogens (tertiary/aromatic N) is 3. The van der Waals surface area contributed by atoms with Gasteiger partial charge < -0.3 is 14.2 Å². The molecule has 7 heteroatoms. The molecule has 3 heterocycles. The van der Waals surface area contributed by atoms with Crippen LogP contribution < -0.4 is 0 Å². The first-order valence-corrected chi connectivity index (χ1v) is 9.51. The highest BCUT2D eigenvalue weighted by molar-refractivity contribution is 7.12.